The highest BCUT2D eigenvalue weighted by Gasteiger charge is 2.06. The first-order chi connectivity index (χ1) is 8.17. The van der Waals surface area contributed by atoms with E-state index in [4.69, 9.17) is 4.74 Å². The quantitative estimate of drug-likeness (QED) is 0.725. The lowest BCUT2D eigenvalue weighted by Gasteiger charge is -2.18. The second-order valence-corrected chi connectivity index (χ2v) is 4.33. The van der Waals surface area contributed by atoms with Crippen molar-refractivity contribution >= 4 is 0 Å². The van der Waals surface area contributed by atoms with Gasteiger partial charge in [-0.25, -0.2) is 0 Å². The first kappa shape index (κ1) is 13.8. The van der Waals surface area contributed by atoms with Gasteiger partial charge in [-0.05, 0) is 38.0 Å². The van der Waals surface area contributed by atoms with Gasteiger partial charge in [0.1, 0.15) is 5.75 Å². The van der Waals surface area contributed by atoms with Crippen LogP contribution in [0.4, 0.5) is 0 Å². The predicted octanol–water partition coefficient (Wildman–Crippen LogP) is 3.70. The Morgan fingerprint density at radius 1 is 1.29 bits per heavy atom. The molecular weight excluding hydrogens is 210 g/mol. The summed E-state index contributed by atoms with van der Waals surface area (Å²) in [4.78, 5) is 0. The van der Waals surface area contributed by atoms with Crippen molar-refractivity contribution in [2.75, 3.05) is 6.61 Å². The number of hydrogen-bond acceptors (Lipinski definition) is 2. The van der Waals surface area contributed by atoms with Crippen LogP contribution in [0.2, 0.25) is 0 Å². The summed E-state index contributed by atoms with van der Waals surface area (Å²) in [5.41, 5.74) is 1.27. The molecule has 1 N–H and O–H groups in total. The minimum atomic E-state index is 0.320. The van der Waals surface area contributed by atoms with Crippen molar-refractivity contribution in [3.63, 3.8) is 0 Å². The molecule has 0 aliphatic carbocycles. The number of nitrogens with one attached hydrogen (secondary N) is 1. The molecular formula is C15H23NO. The fourth-order valence-electron chi connectivity index (χ4n) is 1.63. The summed E-state index contributed by atoms with van der Waals surface area (Å²) in [7, 11) is 0. The van der Waals surface area contributed by atoms with Gasteiger partial charge in [0, 0.05) is 12.1 Å². The average molecular weight is 233 g/mol. The Morgan fingerprint density at radius 3 is 2.47 bits per heavy atom. The second-order valence-electron chi connectivity index (χ2n) is 4.33. The van der Waals surface area contributed by atoms with Gasteiger partial charge in [0.15, 0.2) is 0 Å². The van der Waals surface area contributed by atoms with Gasteiger partial charge in [0.05, 0.1) is 6.61 Å². The molecule has 0 amide bonds. The van der Waals surface area contributed by atoms with Crippen LogP contribution < -0.4 is 10.1 Å². The molecule has 0 bridgehead atoms. The molecule has 0 spiro atoms. The zero-order valence-corrected chi connectivity index (χ0v) is 11.1. The molecule has 0 aliphatic rings. The Morgan fingerprint density at radius 2 is 1.94 bits per heavy atom. The summed E-state index contributed by atoms with van der Waals surface area (Å²) in [5, 5.41) is 3.45. The fourth-order valence-corrected chi connectivity index (χ4v) is 1.63. The molecule has 1 rings (SSSR count). The smallest absolute Gasteiger partial charge is 0.119 e. The first-order valence-corrected chi connectivity index (χ1v) is 6.28. The van der Waals surface area contributed by atoms with E-state index in [0.29, 0.717) is 12.1 Å². The number of hydrogen-bond donors (Lipinski definition) is 1. The Labute approximate surface area is 105 Å². The fraction of sp³-hybridized carbons (Fsp3) is 0.467. The van der Waals surface area contributed by atoms with Gasteiger partial charge in [-0.1, -0.05) is 25.1 Å². The lowest BCUT2D eigenvalue weighted by molar-refractivity contribution is 0.317. The summed E-state index contributed by atoms with van der Waals surface area (Å²) in [6, 6.07) is 8.92. The molecule has 0 saturated carbocycles. The zero-order chi connectivity index (χ0) is 12.7. The van der Waals surface area contributed by atoms with Gasteiger partial charge in [0.25, 0.3) is 0 Å². The van der Waals surface area contributed by atoms with Crippen LogP contribution >= 0.6 is 0 Å². The van der Waals surface area contributed by atoms with Crippen molar-refractivity contribution in [1.82, 2.24) is 5.32 Å². The summed E-state index contributed by atoms with van der Waals surface area (Å²) >= 11 is 0. The molecule has 94 valence electrons. The van der Waals surface area contributed by atoms with Crippen LogP contribution in [0.15, 0.2) is 36.9 Å². The maximum absolute atomic E-state index is 5.56. The highest BCUT2D eigenvalue weighted by molar-refractivity contribution is 5.29. The van der Waals surface area contributed by atoms with Crippen LogP contribution in [-0.2, 0) is 0 Å². The zero-order valence-electron chi connectivity index (χ0n) is 11.1. The van der Waals surface area contributed by atoms with Crippen LogP contribution in [0.25, 0.3) is 0 Å². The van der Waals surface area contributed by atoms with E-state index in [1.165, 1.54) is 5.56 Å². The van der Waals surface area contributed by atoms with Crippen LogP contribution in [0.3, 0.4) is 0 Å². The molecule has 1 aromatic rings. The number of benzene rings is 1. The average Bonchev–Trinajstić information content (AvgIpc) is 2.36. The molecule has 1 aromatic carbocycles. The SMILES string of the molecule is C=CC(C)NC(C)c1ccc(OCCC)cc1. The molecule has 0 saturated heterocycles. The van der Waals surface area contributed by atoms with Crippen LogP contribution in [0.1, 0.15) is 38.8 Å². The number of ether oxygens (including phenoxy) is 1. The van der Waals surface area contributed by atoms with Crippen molar-refractivity contribution in [2.24, 2.45) is 0 Å². The first-order valence-electron chi connectivity index (χ1n) is 6.28. The Bertz CT molecular complexity index is 331. The maximum Gasteiger partial charge on any atom is 0.119 e. The van der Waals surface area contributed by atoms with Crippen molar-refractivity contribution in [1.29, 1.82) is 0 Å². The van der Waals surface area contributed by atoms with Crippen LogP contribution in [0, 0.1) is 0 Å². The lowest BCUT2D eigenvalue weighted by Crippen LogP contribution is -2.26. The number of rotatable bonds is 7. The Hall–Kier alpha value is -1.28. The molecule has 0 fully saturated rings. The van der Waals surface area contributed by atoms with Crippen LogP contribution in [0.5, 0.6) is 5.75 Å². The van der Waals surface area contributed by atoms with Gasteiger partial charge in [0.2, 0.25) is 0 Å². The minimum absolute atomic E-state index is 0.320. The molecule has 2 atom stereocenters. The summed E-state index contributed by atoms with van der Waals surface area (Å²) in [6.45, 7) is 10.9. The van der Waals surface area contributed by atoms with E-state index in [1.807, 2.05) is 18.2 Å². The van der Waals surface area contributed by atoms with Crippen molar-refractivity contribution < 1.29 is 4.74 Å². The van der Waals surface area contributed by atoms with E-state index in [1.54, 1.807) is 0 Å². The molecule has 0 aromatic heterocycles. The summed E-state index contributed by atoms with van der Waals surface area (Å²) < 4.78 is 5.56. The van der Waals surface area contributed by atoms with E-state index >= 15 is 0 Å². The van der Waals surface area contributed by atoms with Gasteiger partial charge in [-0.15, -0.1) is 6.58 Å². The highest BCUT2D eigenvalue weighted by Crippen LogP contribution is 2.18. The van der Waals surface area contributed by atoms with Gasteiger partial charge >= 0.3 is 0 Å². The lowest BCUT2D eigenvalue weighted by atomic mass is 10.1. The highest BCUT2D eigenvalue weighted by atomic mass is 16.5. The maximum atomic E-state index is 5.56. The van der Waals surface area contributed by atoms with E-state index in [0.717, 1.165) is 18.8 Å². The minimum Gasteiger partial charge on any atom is -0.494 e. The standard InChI is InChI=1S/C15H23NO/c1-5-11-17-15-9-7-14(8-10-15)13(4)16-12(3)6-2/h6-10,12-13,16H,2,5,11H2,1,3-4H3. The topological polar surface area (TPSA) is 21.3 Å². The molecule has 2 unspecified atom stereocenters. The third kappa shape index (κ3) is 4.61. The molecule has 2 nitrogen and oxygen atoms in total. The van der Waals surface area contributed by atoms with Gasteiger partial charge in [-0.2, -0.15) is 0 Å². The third-order valence-corrected chi connectivity index (χ3v) is 2.72. The largest absolute Gasteiger partial charge is 0.494 e. The van der Waals surface area contributed by atoms with E-state index in [2.05, 4.69) is 44.8 Å². The van der Waals surface area contributed by atoms with E-state index in [-0.39, 0.29) is 0 Å². The Kier molecular flexibility index (Phi) is 5.78. The van der Waals surface area contributed by atoms with Gasteiger partial charge < -0.3 is 10.1 Å². The molecule has 2 heteroatoms. The second kappa shape index (κ2) is 7.13. The molecule has 0 aliphatic heterocycles. The monoisotopic (exact) mass is 233 g/mol. The summed E-state index contributed by atoms with van der Waals surface area (Å²) in [6.07, 6.45) is 2.95. The molecule has 0 radical (unpaired) electrons. The molecule has 17 heavy (non-hydrogen) atoms. The van der Waals surface area contributed by atoms with E-state index in [9.17, 15) is 0 Å². The third-order valence-electron chi connectivity index (χ3n) is 2.72. The predicted molar refractivity (Wildman–Crippen MR) is 73.4 cm³/mol. The molecule has 0 heterocycles. The van der Waals surface area contributed by atoms with Gasteiger partial charge in [-0.3, -0.25) is 0 Å². The van der Waals surface area contributed by atoms with Crippen molar-refractivity contribution in [3.05, 3.63) is 42.5 Å². The normalized spacial score (nSPS) is 14.1. The van der Waals surface area contributed by atoms with E-state index < -0.39 is 0 Å². The summed E-state index contributed by atoms with van der Waals surface area (Å²) in [5.74, 6) is 0.944. The van der Waals surface area contributed by atoms with Crippen molar-refractivity contribution in [3.8, 4) is 5.75 Å². The Balaban J connectivity index is 2.57. The van der Waals surface area contributed by atoms with Crippen LogP contribution in [-0.4, -0.2) is 12.6 Å². The van der Waals surface area contributed by atoms with Crippen molar-refractivity contribution in [2.45, 2.75) is 39.3 Å².